The van der Waals surface area contributed by atoms with Gasteiger partial charge in [0.05, 0.1) is 45.5 Å². The van der Waals surface area contributed by atoms with E-state index in [-0.39, 0.29) is 0 Å². The molecule has 1 heterocycles. The van der Waals surface area contributed by atoms with Crippen LogP contribution in [0.25, 0.3) is 0 Å². The van der Waals surface area contributed by atoms with Crippen molar-refractivity contribution >= 4 is 11.9 Å². The van der Waals surface area contributed by atoms with Crippen LogP contribution in [0.4, 0.5) is 0 Å². The molecule has 146 valence electrons. The Labute approximate surface area is 159 Å². The molecule has 0 N–H and O–H groups in total. The van der Waals surface area contributed by atoms with E-state index in [9.17, 15) is 9.59 Å². The number of rotatable bonds is 5. The molecule has 0 saturated carbocycles. The van der Waals surface area contributed by atoms with Crippen LogP contribution in [0.15, 0.2) is 40.7 Å². The highest BCUT2D eigenvalue weighted by Gasteiger charge is 2.39. The van der Waals surface area contributed by atoms with E-state index < -0.39 is 17.9 Å². The third-order valence-electron chi connectivity index (χ3n) is 4.91. The fourth-order valence-electron chi connectivity index (χ4n) is 3.29. The quantitative estimate of drug-likeness (QED) is 0.733. The second-order valence-corrected chi connectivity index (χ2v) is 6.09. The maximum atomic E-state index is 12.6. The van der Waals surface area contributed by atoms with E-state index in [1.165, 1.54) is 21.3 Å². The van der Waals surface area contributed by atoms with E-state index in [1.54, 1.807) is 37.3 Å². The number of carbonyl (C=O) groups excluding carboxylic acids is 2. The van der Waals surface area contributed by atoms with Gasteiger partial charge >= 0.3 is 11.9 Å². The zero-order valence-electron chi connectivity index (χ0n) is 16.7. The average molecular weight is 375 g/mol. The van der Waals surface area contributed by atoms with Crippen LogP contribution in [0.2, 0.25) is 0 Å². The average Bonchev–Trinajstić information content (AvgIpc) is 2.70. The van der Waals surface area contributed by atoms with Crippen molar-refractivity contribution in [3.05, 3.63) is 46.3 Å². The molecular formula is C20H25NO6. The molecular weight excluding hydrogens is 350 g/mol. The summed E-state index contributed by atoms with van der Waals surface area (Å²) in [6.45, 7) is 3.63. The van der Waals surface area contributed by atoms with E-state index in [2.05, 4.69) is 0 Å². The fraction of sp³-hybridized carbons (Fsp3) is 0.400. The number of allylic oxidation sites excluding steroid dienone is 2. The minimum absolute atomic E-state index is 0.373. The maximum Gasteiger partial charge on any atom is 0.336 e. The SMILES string of the molecule is COC(=O)C1=C(C)N(C)C(C)=C(C(=O)OC)C1c1ccc(OC)c(OC)c1. The van der Waals surface area contributed by atoms with E-state index in [0.29, 0.717) is 39.6 Å². The highest BCUT2D eigenvalue weighted by Crippen LogP contribution is 2.44. The van der Waals surface area contributed by atoms with Gasteiger partial charge in [0.25, 0.3) is 0 Å². The first-order valence-electron chi connectivity index (χ1n) is 8.36. The molecule has 0 bridgehead atoms. The summed E-state index contributed by atoms with van der Waals surface area (Å²) in [5.74, 6) is -0.616. The Morgan fingerprint density at radius 1 is 0.852 bits per heavy atom. The van der Waals surface area contributed by atoms with Crippen molar-refractivity contribution in [1.82, 2.24) is 4.90 Å². The van der Waals surface area contributed by atoms with Crippen LogP contribution < -0.4 is 9.47 Å². The van der Waals surface area contributed by atoms with Gasteiger partial charge in [0.1, 0.15) is 0 Å². The summed E-state index contributed by atoms with van der Waals surface area (Å²) in [5, 5.41) is 0. The third-order valence-corrected chi connectivity index (χ3v) is 4.91. The summed E-state index contributed by atoms with van der Waals surface area (Å²) in [4.78, 5) is 27.0. The molecule has 0 saturated heterocycles. The van der Waals surface area contributed by atoms with Crippen LogP contribution in [0.1, 0.15) is 25.3 Å². The van der Waals surface area contributed by atoms with Gasteiger partial charge in [-0.3, -0.25) is 0 Å². The molecule has 2 rings (SSSR count). The molecule has 1 aromatic carbocycles. The first-order valence-corrected chi connectivity index (χ1v) is 8.36. The van der Waals surface area contributed by atoms with Gasteiger partial charge in [-0.15, -0.1) is 0 Å². The Morgan fingerprint density at radius 3 is 1.74 bits per heavy atom. The Hall–Kier alpha value is -2.96. The number of esters is 2. The minimum Gasteiger partial charge on any atom is -0.493 e. The predicted octanol–water partition coefficient (Wildman–Crippen LogP) is 2.63. The Kier molecular flexibility index (Phi) is 6.15. The van der Waals surface area contributed by atoms with Crippen molar-refractivity contribution in [3.63, 3.8) is 0 Å². The van der Waals surface area contributed by atoms with Crippen molar-refractivity contribution < 1.29 is 28.5 Å². The molecule has 0 amide bonds. The molecule has 1 aromatic rings. The normalized spacial score (nSPS) is 15.0. The fourth-order valence-corrected chi connectivity index (χ4v) is 3.29. The second kappa shape index (κ2) is 8.16. The summed E-state index contributed by atoms with van der Waals surface area (Å²) >= 11 is 0. The van der Waals surface area contributed by atoms with Crippen LogP contribution in [-0.2, 0) is 19.1 Å². The molecule has 1 aliphatic heterocycles. The largest absolute Gasteiger partial charge is 0.493 e. The zero-order valence-corrected chi connectivity index (χ0v) is 16.7. The van der Waals surface area contributed by atoms with Crippen LogP contribution in [0, 0.1) is 0 Å². The molecule has 0 atom stereocenters. The Balaban J connectivity index is 2.79. The summed E-state index contributed by atoms with van der Waals surface area (Å²) in [6.07, 6.45) is 0. The monoisotopic (exact) mass is 375 g/mol. The van der Waals surface area contributed by atoms with E-state index in [4.69, 9.17) is 18.9 Å². The lowest BCUT2D eigenvalue weighted by Crippen LogP contribution is -2.33. The number of hydrogen-bond acceptors (Lipinski definition) is 7. The molecule has 0 radical (unpaired) electrons. The van der Waals surface area contributed by atoms with E-state index in [1.807, 2.05) is 13.8 Å². The van der Waals surface area contributed by atoms with E-state index in [0.717, 1.165) is 0 Å². The lowest BCUT2D eigenvalue weighted by molar-refractivity contribution is -0.137. The lowest BCUT2D eigenvalue weighted by atomic mass is 9.79. The highest BCUT2D eigenvalue weighted by atomic mass is 16.5. The van der Waals surface area contributed by atoms with Crippen molar-refractivity contribution in [1.29, 1.82) is 0 Å². The maximum absolute atomic E-state index is 12.6. The van der Waals surface area contributed by atoms with E-state index >= 15 is 0 Å². The standard InChI is InChI=1S/C20H25NO6/c1-11-16(19(22)26-6)18(17(20(23)27-7)12(2)21(11)3)13-8-9-14(24-4)15(10-13)25-5/h8-10,18H,1-7H3. The molecule has 0 unspecified atom stereocenters. The number of ether oxygens (including phenoxy) is 4. The van der Waals surface area contributed by atoms with Crippen molar-refractivity contribution in [2.75, 3.05) is 35.5 Å². The topological polar surface area (TPSA) is 74.3 Å². The van der Waals surface area contributed by atoms with Crippen molar-refractivity contribution in [2.24, 2.45) is 0 Å². The Morgan fingerprint density at radius 2 is 1.33 bits per heavy atom. The van der Waals surface area contributed by atoms with Crippen molar-refractivity contribution in [3.8, 4) is 11.5 Å². The summed E-state index contributed by atoms with van der Waals surface area (Å²) < 4.78 is 20.7. The van der Waals surface area contributed by atoms with Gasteiger partial charge < -0.3 is 23.8 Å². The van der Waals surface area contributed by atoms with Gasteiger partial charge in [-0.05, 0) is 31.5 Å². The summed E-state index contributed by atoms with van der Waals surface area (Å²) in [5.41, 5.74) is 2.84. The number of nitrogens with zero attached hydrogens (tertiary/aromatic N) is 1. The number of hydrogen-bond donors (Lipinski definition) is 0. The first kappa shape index (κ1) is 20.4. The molecule has 7 nitrogen and oxygen atoms in total. The van der Waals surface area contributed by atoms with Gasteiger partial charge in [-0.25, -0.2) is 9.59 Å². The van der Waals surface area contributed by atoms with Gasteiger partial charge in [0.15, 0.2) is 11.5 Å². The molecule has 0 fully saturated rings. The lowest BCUT2D eigenvalue weighted by Gasteiger charge is -2.35. The molecule has 27 heavy (non-hydrogen) atoms. The van der Waals surface area contributed by atoms with Gasteiger partial charge in [0.2, 0.25) is 0 Å². The smallest absolute Gasteiger partial charge is 0.336 e. The number of benzene rings is 1. The molecule has 0 aromatic heterocycles. The van der Waals surface area contributed by atoms with Crippen LogP contribution in [0.3, 0.4) is 0 Å². The van der Waals surface area contributed by atoms with Gasteiger partial charge in [-0.2, -0.15) is 0 Å². The molecule has 7 heteroatoms. The summed E-state index contributed by atoms with van der Waals surface area (Å²) in [7, 11) is 7.50. The summed E-state index contributed by atoms with van der Waals surface area (Å²) in [6, 6.07) is 5.28. The molecule has 0 spiro atoms. The molecule has 0 aliphatic carbocycles. The minimum atomic E-state index is -0.652. The van der Waals surface area contributed by atoms with Crippen LogP contribution in [-0.4, -0.2) is 52.3 Å². The van der Waals surface area contributed by atoms with Gasteiger partial charge in [-0.1, -0.05) is 6.07 Å². The van der Waals surface area contributed by atoms with Crippen LogP contribution in [0.5, 0.6) is 11.5 Å². The predicted molar refractivity (Wildman–Crippen MR) is 99.5 cm³/mol. The zero-order chi connectivity index (χ0) is 20.3. The van der Waals surface area contributed by atoms with Crippen LogP contribution >= 0.6 is 0 Å². The molecule has 1 aliphatic rings. The number of carbonyl (C=O) groups is 2. The second-order valence-electron chi connectivity index (χ2n) is 6.09. The first-order chi connectivity index (χ1) is 12.8. The van der Waals surface area contributed by atoms with Crippen molar-refractivity contribution in [2.45, 2.75) is 19.8 Å². The van der Waals surface area contributed by atoms with Gasteiger partial charge in [0, 0.05) is 18.4 Å². The number of methoxy groups -OCH3 is 4. The Bertz CT molecular complexity index is 784. The highest BCUT2D eigenvalue weighted by molar-refractivity contribution is 5.99. The third kappa shape index (κ3) is 3.49.